The third-order valence-electron chi connectivity index (χ3n) is 6.67. The fourth-order valence-electron chi connectivity index (χ4n) is 4.48. The van der Waals surface area contributed by atoms with Gasteiger partial charge in [-0.15, -0.1) is 0 Å². The summed E-state index contributed by atoms with van der Waals surface area (Å²) in [5, 5.41) is 10.9. The number of aromatic amines is 2. The maximum Gasteiger partial charge on any atom is 0.323 e. The highest BCUT2D eigenvalue weighted by Gasteiger charge is 2.27. The average molecular weight is 492 g/mol. The van der Waals surface area contributed by atoms with Gasteiger partial charge in [-0.25, -0.2) is 4.79 Å². The van der Waals surface area contributed by atoms with E-state index in [1.165, 1.54) is 0 Å². The Morgan fingerprint density at radius 1 is 0.889 bits per heavy atom. The largest absolute Gasteiger partial charge is 0.497 e. The molecule has 0 aliphatic rings. The third kappa shape index (κ3) is 5.72. The van der Waals surface area contributed by atoms with Crippen molar-refractivity contribution in [2.45, 2.75) is 31.4 Å². The number of rotatable bonds is 11. The Morgan fingerprint density at radius 2 is 1.47 bits per heavy atom. The second-order valence-corrected chi connectivity index (χ2v) is 9.03. The molecule has 0 amide bonds. The van der Waals surface area contributed by atoms with E-state index < -0.39 is 12.1 Å². The second-order valence-electron chi connectivity index (χ2n) is 9.03. The van der Waals surface area contributed by atoms with E-state index in [2.05, 4.69) is 34.2 Å². The predicted molar refractivity (Wildman–Crippen MR) is 140 cm³/mol. The van der Waals surface area contributed by atoms with Crippen LogP contribution in [0.25, 0.3) is 11.0 Å². The summed E-state index contributed by atoms with van der Waals surface area (Å²) in [5.41, 5.74) is 9.67. The molecule has 0 radical (unpaired) electrons. The van der Waals surface area contributed by atoms with Crippen LogP contribution in [0.5, 0.6) is 17.2 Å². The van der Waals surface area contributed by atoms with Crippen molar-refractivity contribution in [2.24, 2.45) is 11.7 Å². The first-order valence-electron chi connectivity index (χ1n) is 11.9. The number of para-hydroxylation sites is 1. The van der Waals surface area contributed by atoms with Gasteiger partial charge in [-0.2, -0.15) is 0 Å². The standard InChI is InChI=1S/C28H33N3O5/c1-17(26(29)24(32)16-36-25-6-4-5-23-27(25)31-28(33)30-23)15-22(18-7-11-20(34-2)12-8-18)19-9-13-21(35-3)14-10-19/h4-14,17,22,24,26,32H,15-16,29H2,1-3H3,(H2,30,31,33)/t17-,24+,26+/m1/s1. The molecule has 3 aromatic carbocycles. The van der Waals surface area contributed by atoms with Crippen molar-refractivity contribution >= 4 is 11.0 Å². The van der Waals surface area contributed by atoms with Gasteiger partial charge in [0.1, 0.15) is 35.5 Å². The van der Waals surface area contributed by atoms with Crippen LogP contribution in [0, 0.1) is 5.92 Å². The number of aliphatic hydroxyl groups is 1. The van der Waals surface area contributed by atoms with Gasteiger partial charge in [0, 0.05) is 12.0 Å². The summed E-state index contributed by atoms with van der Waals surface area (Å²) in [5.74, 6) is 2.11. The minimum absolute atomic E-state index is 0.00751. The number of ether oxygens (including phenoxy) is 3. The Balaban J connectivity index is 1.47. The monoisotopic (exact) mass is 491 g/mol. The highest BCUT2D eigenvalue weighted by Crippen LogP contribution is 2.34. The van der Waals surface area contributed by atoms with Crippen molar-refractivity contribution < 1.29 is 19.3 Å². The molecule has 8 heteroatoms. The maximum absolute atomic E-state index is 11.6. The van der Waals surface area contributed by atoms with Gasteiger partial charge >= 0.3 is 5.69 Å². The van der Waals surface area contributed by atoms with E-state index in [4.69, 9.17) is 19.9 Å². The van der Waals surface area contributed by atoms with E-state index in [9.17, 15) is 9.90 Å². The first-order chi connectivity index (χ1) is 17.4. The van der Waals surface area contributed by atoms with Gasteiger partial charge in [0.2, 0.25) is 0 Å². The molecule has 1 aromatic heterocycles. The Hall–Kier alpha value is -3.75. The van der Waals surface area contributed by atoms with Crippen molar-refractivity contribution in [3.63, 3.8) is 0 Å². The van der Waals surface area contributed by atoms with Crippen LogP contribution in [-0.2, 0) is 0 Å². The highest BCUT2D eigenvalue weighted by atomic mass is 16.5. The molecule has 0 saturated heterocycles. The molecule has 4 rings (SSSR count). The van der Waals surface area contributed by atoms with Crippen LogP contribution in [0.2, 0.25) is 0 Å². The quantitative estimate of drug-likeness (QED) is 0.253. The van der Waals surface area contributed by atoms with E-state index in [0.717, 1.165) is 29.0 Å². The Kier molecular flexibility index (Phi) is 7.97. The third-order valence-corrected chi connectivity index (χ3v) is 6.67. The Morgan fingerprint density at radius 3 is 2.03 bits per heavy atom. The van der Waals surface area contributed by atoms with Crippen molar-refractivity contribution in [1.29, 1.82) is 0 Å². The number of nitrogens with one attached hydrogen (secondary N) is 2. The highest BCUT2D eigenvalue weighted by molar-refractivity contribution is 5.81. The number of H-pyrrole nitrogens is 2. The lowest BCUT2D eigenvalue weighted by Gasteiger charge is -2.29. The van der Waals surface area contributed by atoms with Crippen molar-refractivity contribution in [1.82, 2.24) is 9.97 Å². The molecule has 0 spiro atoms. The van der Waals surface area contributed by atoms with Crippen molar-refractivity contribution in [3.05, 3.63) is 88.3 Å². The number of aliphatic hydroxyl groups excluding tert-OH is 1. The molecule has 0 saturated carbocycles. The molecule has 36 heavy (non-hydrogen) atoms. The number of hydrogen-bond acceptors (Lipinski definition) is 6. The molecule has 1 heterocycles. The number of fused-ring (bicyclic) bond motifs is 1. The lowest BCUT2D eigenvalue weighted by Crippen LogP contribution is -2.44. The number of hydrogen-bond donors (Lipinski definition) is 4. The van der Waals surface area contributed by atoms with Gasteiger partial charge in [0.25, 0.3) is 0 Å². The zero-order valence-electron chi connectivity index (χ0n) is 20.7. The van der Waals surface area contributed by atoms with Gasteiger partial charge in [-0.05, 0) is 59.9 Å². The predicted octanol–water partition coefficient (Wildman–Crippen LogP) is 3.80. The Bertz CT molecular complexity index is 1270. The van der Waals surface area contributed by atoms with Gasteiger partial charge in [0.15, 0.2) is 0 Å². The molecule has 0 bridgehead atoms. The minimum atomic E-state index is -0.895. The first-order valence-corrected chi connectivity index (χ1v) is 11.9. The lowest BCUT2D eigenvalue weighted by molar-refractivity contribution is 0.0673. The van der Waals surface area contributed by atoms with E-state index in [1.807, 2.05) is 31.2 Å². The molecular formula is C28H33N3O5. The second kappa shape index (κ2) is 11.3. The summed E-state index contributed by atoms with van der Waals surface area (Å²) in [6.07, 6.45) is -0.175. The molecule has 8 nitrogen and oxygen atoms in total. The summed E-state index contributed by atoms with van der Waals surface area (Å²) in [4.78, 5) is 17.1. The normalized spacial score (nSPS) is 13.9. The van der Waals surface area contributed by atoms with Gasteiger partial charge in [0.05, 0.1) is 19.7 Å². The Labute approximate surface area is 210 Å². The smallest absolute Gasteiger partial charge is 0.323 e. The maximum atomic E-state index is 11.6. The molecular weight excluding hydrogens is 458 g/mol. The number of benzene rings is 3. The molecule has 3 atom stereocenters. The van der Waals surface area contributed by atoms with Crippen LogP contribution >= 0.6 is 0 Å². The summed E-state index contributed by atoms with van der Waals surface area (Å²) >= 11 is 0. The summed E-state index contributed by atoms with van der Waals surface area (Å²) < 4.78 is 16.5. The first kappa shape index (κ1) is 25.3. The topological polar surface area (TPSA) is 123 Å². The van der Waals surface area contributed by atoms with Crippen LogP contribution in [-0.4, -0.2) is 48.0 Å². The summed E-state index contributed by atoms with van der Waals surface area (Å²) in [7, 11) is 3.29. The summed E-state index contributed by atoms with van der Waals surface area (Å²) in [6.45, 7) is 2.05. The zero-order valence-corrected chi connectivity index (χ0v) is 20.7. The van der Waals surface area contributed by atoms with E-state index >= 15 is 0 Å². The van der Waals surface area contributed by atoms with Crippen molar-refractivity contribution in [3.8, 4) is 17.2 Å². The van der Waals surface area contributed by atoms with Crippen LogP contribution in [0.1, 0.15) is 30.4 Å². The SMILES string of the molecule is COc1ccc(C(C[C@@H](C)[C@H](N)[C@@H](O)COc2cccc3[nH]c(=O)[nH]c23)c2ccc(OC)cc2)cc1. The molecule has 0 aliphatic carbocycles. The average Bonchev–Trinajstić information content (AvgIpc) is 3.30. The fraction of sp³-hybridized carbons (Fsp3) is 0.321. The molecule has 190 valence electrons. The van der Waals surface area contributed by atoms with Crippen LogP contribution in [0.4, 0.5) is 0 Å². The van der Waals surface area contributed by atoms with Gasteiger partial charge in [-0.1, -0.05) is 37.3 Å². The van der Waals surface area contributed by atoms with E-state index in [1.54, 1.807) is 32.4 Å². The van der Waals surface area contributed by atoms with E-state index in [0.29, 0.717) is 16.8 Å². The molecule has 4 aromatic rings. The fourth-order valence-corrected chi connectivity index (χ4v) is 4.48. The number of imidazole rings is 1. The van der Waals surface area contributed by atoms with Gasteiger partial charge in [-0.3, -0.25) is 0 Å². The zero-order chi connectivity index (χ0) is 25.7. The lowest BCUT2D eigenvalue weighted by atomic mass is 9.81. The van der Waals surface area contributed by atoms with E-state index in [-0.39, 0.29) is 24.1 Å². The van der Waals surface area contributed by atoms with Crippen molar-refractivity contribution in [2.75, 3.05) is 20.8 Å². The van der Waals surface area contributed by atoms with Crippen LogP contribution in [0.15, 0.2) is 71.5 Å². The van der Waals surface area contributed by atoms with Crippen LogP contribution < -0.4 is 25.6 Å². The molecule has 0 aliphatic heterocycles. The van der Waals surface area contributed by atoms with Crippen LogP contribution in [0.3, 0.4) is 0 Å². The summed E-state index contributed by atoms with van der Waals surface area (Å²) in [6, 6.07) is 20.8. The molecule has 5 N–H and O–H groups in total. The van der Waals surface area contributed by atoms with Gasteiger partial charge < -0.3 is 35.0 Å². The molecule has 0 unspecified atom stereocenters. The number of aromatic nitrogens is 2. The number of nitrogens with two attached hydrogens (primary N) is 1. The molecule has 0 fully saturated rings. The number of methoxy groups -OCH3 is 2. The minimum Gasteiger partial charge on any atom is -0.497 e.